The molecule has 4 aromatic carbocycles. The van der Waals surface area contributed by atoms with Crippen LogP contribution in [0.1, 0.15) is 153 Å². The second-order valence-corrected chi connectivity index (χ2v) is 32.7. The molecule has 0 unspecified atom stereocenters. The second-order valence-electron chi connectivity index (χ2n) is 29.8. The van der Waals surface area contributed by atoms with Gasteiger partial charge in [-0.15, -0.1) is 11.3 Å². The number of hydrogen-bond donors (Lipinski definition) is 6. The Labute approximate surface area is 614 Å². The molecule has 4 heterocycles. The molecule has 1 fully saturated rings. The minimum atomic E-state index is -5.62. The standard InChI is InChI=1S/C76H97F2N8O17PS/c1-45(51-26-29-55(30-27-51)76(77,78)104(97,102-43-100-71(95)74(7,8)9)103-44-101-72(96)75(10,11)12)35-62(89)82-58-31-28-52-16-13-17-54-36-60(86(64(52)54)69(58)93)68(92)83-57(32-33-61(79)88)47(3)99-40-50-20-18-48(19-21-50)15-14-34-98-41-63(90)84-66(73(4,5)6)70(94)85-39-56(87)37-59(85)67(91)80-38-49-22-24-53(25-23-49)65-46(2)81-42-105-65/h13,16-27,29-30,35,42,47,56-60,66,87H,14-15,28,31-34,36-41,43-44H2,1-12H3,(H2,79,88)(H,80,91)(H,82,89)(H,83,92)(H,84,90)/b45-35+/t47-,56+,57+,58+,59+,60+,66-/m1/s1. The number of carbonyl (C=O) groups is 9. The minimum Gasteiger partial charge on any atom is -0.438 e. The van der Waals surface area contributed by atoms with Crippen LogP contribution in [0, 0.1) is 23.2 Å². The molecule has 1 saturated heterocycles. The molecule has 8 rings (SSSR count). The molecular weight excluding hydrogens is 1400 g/mol. The fourth-order valence-corrected chi connectivity index (χ4v) is 14.2. The number of likely N-dealkylation sites (tertiary alicyclic amines) is 1. The van der Waals surface area contributed by atoms with Crippen molar-refractivity contribution in [3.8, 4) is 10.4 Å². The Hall–Kier alpha value is -8.63. The van der Waals surface area contributed by atoms with Crippen LogP contribution < -0.4 is 31.9 Å². The van der Waals surface area contributed by atoms with Crippen LogP contribution in [0.25, 0.3) is 16.0 Å². The van der Waals surface area contributed by atoms with E-state index in [9.17, 15) is 52.8 Å². The summed E-state index contributed by atoms with van der Waals surface area (Å²) in [4.78, 5) is 129. The SMILES string of the molecule is C/C(=C\C(=O)N[C@H]1CCc2cccc3c2N(C1=O)[C@H](C(=O)N[C@@H](CCC(N)=O)[C@@H](C)OCc1ccc(CCCOCC(=O)N[C@H](C(=O)N2C[C@@H](O)C[C@H]2C(=O)NCc2ccc(-c4scnc4C)cc2)C(C)(C)C)cc1)C3)c1ccc(C(F)(F)P(=O)(OCOC(=O)C(C)(C)C)OCOC(=O)C(C)(C)C)cc1. The van der Waals surface area contributed by atoms with Crippen LogP contribution in [0.4, 0.5) is 14.5 Å². The van der Waals surface area contributed by atoms with Crippen LogP contribution in [0.5, 0.6) is 0 Å². The van der Waals surface area contributed by atoms with Crippen LogP contribution >= 0.6 is 18.9 Å². The van der Waals surface area contributed by atoms with Crippen LogP contribution in [-0.2, 0) is 114 Å². The van der Waals surface area contributed by atoms with Gasteiger partial charge in [-0.3, -0.25) is 61.7 Å². The fraction of sp³-hybridized carbons (Fsp3) is 0.500. The number of esters is 2. The number of para-hydroxylation sites is 1. The lowest BCUT2D eigenvalue weighted by Crippen LogP contribution is -2.58. The smallest absolute Gasteiger partial charge is 0.410 e. The van der Waals surface area contributed by atoms with E-state index in [1.807, 2.05) is 94.4 Å². The van der Waals surface area contributed by atoms with Gasteiger partial charge in [0, 0.05) is 50.6 Å². The quantitative estimate of drug-likeness (QED) is 0.00767. The topological polar surface area (TPSA) is 340 Å². The molecule has 29 heteroatoms. The molecule has 1 aromatic heterocycles. The highest BCUT2D eigenvalue weighted by Crippen LogP contribution is 2.67. The number of halogens is 2. The minimum absolute atomic E-state index is 0.0527. The first-order chi connectivity index (χ1) is 49.3. The Balaban J connectivity index is 0.815. The maximum absolute atomic E-state index is 16.3. The van der Waals surface area contributed by atoms with Crippen LogP contribution in [-0.4, -0.2) is 144 Å². The number of β-amino-alcohol motifs (C(OH)–C–C–N with tert-alkyl or cyclic N) is 1. The van der Waals surface area contributed by atoms with E-state index in [-0.39, 0.29) is 76.2 Å². The summed E-state index contributed by atoms with van der Waals surface area (Å²) in [6.07, 6.45) is 1.51. The number of nitrogens with two attached hydrogens (primary N) is 1. The summed E-state index contributed by atoms with van der Waals surface area (Å²) in [5.74, 6) is -5.47. The average molecular weight is 1500 g/mol. The van der Waals surface area contributed by atoms with Gasteiger partial charge in [0.1, 0.15) is 30.8 Å². The van der Waals surface area contributed by atoms with Gasteiger partial charge in [-0.25, -0.2) is 4.98 Å². The number of aliphatic hydroxyl groups is 1. The first-order valence-electron chi connectivity index (χ1n) is 34.9. The van der Waals surface area contributed by atoms with Crippen LogP contribution in [0.15, 0.2) is 103 Å². The molecule has 25 nitrogen and oxygen atoms in total. The lowest BCUT2D eigenvalue weighted by Gasteiger charge is -2.35. The lowest BCUT2D eigenvalue weighted by atomic mass is 9.85. The third-order valence-corrected chi connectivity index (χ3v) is 21.1. The van der Waals surface area contributed by atoms with E-state index in [4.69, 9.17) is 33.7 Å². The molecule has 3 aliphatic heterocycles. The number of aromatic nitrogens is 1. The Morgan fingerprint density at radius 3 is 2.03 bits per heavy atom. The Morgan fingerprint density at radius 2 is 1.43 bits per heavy atom. The molecule has 3 aliphatic rings. The van der Waals surface area contributed by atoms with E-state index in [0.29, 0.717) is 24.9 Å². The van der Waals surface area contributed by atoms with Gasteiger partial charge in [0.25, 0.3) is 0 Å². The first kappa shape index (κ1) is 82.0. The van der Waals surface area contributed by atoms with Crippen molar-refractivity contribution in [2.24, 2.45) is 22.0 Å². The van der Waals surface area contributed by atoms with Crippen LogP contribution in [0.3, 0.4) is 0 Å². The Kier molecular flexibility index (Phi) is 27.5. The number of benzene rings is 4. The normalized spacial score (nSPS) is 17.9. The van der Waals surface area contributed by atoms with Gasteiger partial charge in [-0.1, -0.05) is 112 Å². The number of rotatable bonds is 32. The molecule has 0 saturated carbocycles. The summed E-state index contributed by atoms with van der Waals surface area (Å²) in [5.41, 5.74) is 6.54. The van der Waals surface area contributed by atoms with Gasteiger partial charge in [-0.05, 0) is 144 Å². The molecule has 0 radical (unpaired) electrons. The maximum atomic E-state index is 16.3. The Bertz CT molecular complexity index is 4000. The number of aryl methyl sites for hydroxylation is 3. The van der Waals surface area contributed by atoms with Gasteiger partial charge in [0.05, 0.1) is 57.5 Å². The average Bonchev–Trinajstić information content (AvgIpc) is 1.72. The molecule has 0 aliphatic carbocycles. The number of nitrogens with one attached hydrogen (secondary N) is 4. The van der Waals surface area contributed by atoms with E-state index >= 15 is 8.78 Å². The number of hydrogen-bond acceptors (Lipinski definition) is 19. The summed E-state index contributed by atoms with van der Waals surface area (Å²) in [6, 6.07) is 20.4. The third-order valence-electron chi connectivity index (χ3n) is 18.3. The van der Waals surface area contributed by atoms with Crippen molar-refractivity contribution in [1.29, 1.82) is 0 Å². The van der Waals surface area contributed by atoms with E-state index in [2.05, 4.69) is 26.3 Å². The van der Waals surface area contributed by atoms with Gasteiger partial charge in [0.2, 0.25) is 54.9 Å². The highest BCUT2D eigenvalue weighted by atomic mass is 32.1. The van der Waals surface area contributed by atoms with E-state index in [0.717, 1.165) is 56.1 Å². The predicted octanol–water partition coefficient (Wildman–Crippen LogP) is 9.39. The number of carbonyl (C=O) groups excluding carboxylic acids is 9. The number of anilines is 1. The van der Waals surface area contributed by atoms with Gasteiger partial charge in [-0.2, -0.15) is 8.78 Å². The van der Waals surface area contributed by atoms with Crippen molar-refractivity contribution < 1.29 is 89.6 Å². The highest BCUT2D eigenvalue weighted by Gasteiger charge is 2.56. The number of primary amides is 1. The number of aliphatic hydroxyl groups excluding tert-OH is 1. The molecule has 105 heavy (non-hydrogen) atoms. The summed E-state index contributed by atoms with van der Waals surface area (Å²) in [5, 5.41) is 22.2. The molecule has 0 spiro atoms. The Morgan fingerprint density at radius 1 is 0.810 bits per heavy atom. The number of ether oxygens (including phenoxy) is 4. The van der Waals surface area contributed by atoms with Crippen LogP contribution in [0.2, 0.25) is 0 Å². The third kappa shape index (κ3) is 21.6. The predicted molar refractivity (Wildman–Crippen MR) is 388 cm³/mol. The summed E-state index contributed by atoms with van der Waals surface area (Å²) in [6.45, 7) is 17.6. The number of allylic oxidation sites excluding steroid dienone is 1. The molecule has 0 bridgehead atoms. The lowest BCUT2D eigenvalue weighted by molar-refractivity contribution is -0.163. The van der Waals surface area contributed by atoms with Crippen molar-refractivity contribution in [3.63, 3.8) is 0 Å². The van der Waals surface area contributed by atoms with Crippen molar-refractivity contribution in [1.82, 2.24) is 31.2 Å². The van der Waals surface area contributed by atoms with Crippen molar-refractivity contribution in [2.75, 3.05) is 38.2 Å². The van der Waals surface area contributed by atoms with Gasteiger partial charge < -0.3 is 56.0 Å². The molecule has 7 N–H and O–H groups in total. The van der Waals surface area contributed by atoms with E-state index in [1.165, 1.54) is 76.5 Å². The summed E-state index contributed by atoms with van der Waals surface area (Å²) >= 11 is 1.55. The highest BCUT2D eigenvalue weighted by molar-refractivity contribution is 7.54. The van der Waals surface area contributed by atoms with Crippen molar-refractivity contribution >= 4 is 83.5 Å². The zero-order valence-corrected chi connectivity index (χ0v) is 63.2. The van der Waals surface area contributed by atoms with E-state index in [1.54, 1.807) is 23.8 Å². The van der Waals surface area contributed by atoms with Gasteiger partial charge >= 0.3 is 25.2 Å². The number of amides is 7. The molecule has 568 valence electrons. The molecule has 7 amide bonds. The van der Waals surface area contributed by atoms with Crippen molar-refractivity contribution in [2.45, 2.75) is 196 Å². The summed E-state index contributed by atoms with van der Waals surface area (Å²) < 4.78 is 78.4. The second kappa shape index (κ2) is 35.2. The number of alkyl halides is 2. The van der Waals surface area contributed by atoms with E-state index < -0.39 is 144 Å². The monoisotopic (exact) mass is 1490 g/mol. The first-order valence-corrected chi connectivity index (χ1v) is 37.3. The fourth-order valence-electron chi connectivity index (χ4n) is 12.2. The van der Waals surface area contributed by atoms with Gasteiger partial charge in [0.15, 0.2) is 0 Å². The number of thiazole rings is 1. The molecule has 7 atom stereocenters. The largest absolute Gasteiger partial charge is 0.438 e. The zero-order chi connectivity index (χ0) is 76.9. The number of nitrogens with zero attached hydrogens (tertiary/aromatic N) is 3. The summed E-state index contributed by atoms with van der Waals surface area (Å²) in [7, 11) is -5.62. The van der Waals surface area contributed by atoms with Crippen molar-refractivity contribution in [3.05, 3.63) is 147 Å². The molecular formula is C76H97F2N8O17PS. The maximum Gasteiger partial charge on any atom is 0.410 e. The zero-order valence-electron chi connectivity index (χ0n) is 61.5. The molecule has 5 aromatic rings.